The number of nitrogen functional groups attached to an aromatic ring is 1. The molecule has 32 heavy (non-hydrogen) atoms. The Balaban J connectivity index is 1.57. The number of nitrogens with zero attached hydrogens (tertiary/aromatic N) is 4. The summed E-state index contributed by atoms with van der Waals surface area (Å²) in [5, 5.41) is 0.689. The molecule has 3 N–H and O–H groups in total. The van der Waals surface area contributed by atoms with E-state index in [9.17, 15) is 8.42 Å². The molecule has 0 saturated carbocycles. The van der Waals surface area contributed by atoms with Crippen LogP contribution >= 0.6 is 34.4 Å². The number of sulfonamides is 1. The van der Waals surface area contributed by atoms with Gasteiger partial charge in [0.1, 0.15) is 6.33 Å². The van der Waals surface area contributed by atoms with Crippen LogP contribution in [0.2, 0.25) is 0 Å². The lowest BCUT2D eigenvalue weighted by Crippen LogP contribution is -2.29. The van der Waals surface area contributed by atoms with E-state index in [1.807, 2.05) is 30.5 Å². The Bertz CT molecular complexity index is 1250. The molecule has 172 valence electrons. The molecule has 4 rings (SSSR count). The Morgan fingerprint density at radius 3 is 2.78 bits per heavy atom. The SMILES string of the molecule is CC(C)CS(=O)(=O)NCCCn1c(Sc2cc3c(cc2I)OCO3)nc2c(N)ncnc21. The summed E-state index contributed by atoms with van der Waals surface area (Å²) in [4.78, 5) is 14.0. The Morgan fingerprint density at radius 2 is 2.03 bits per heavy atom. The maximum absolute atomic E-state index is 12.1. The third kappa shape index (κ3) is 5.21. The van der Waals surface area contributed by atoms with E-state index in [0.29, 0.717) is 47.4 Å². The molecule has 0 spiro atoms. The lowest BCUT2D eigenvalue weighted by molar-refractivity contribution is 0.174. The number of rotatable bonds is 9. The van der Waals surface area contributed by atoms with Crippen LogP contribution in [0, 0.1) is 9.49 Å². The van der Waals surface area contributed by atoms with Crippen LogP contribution in [0.1, 0.15) is 20.3 Å². The van der Waals surface area contributed by atoms with E-state index in [1.165, 1.54) is 18.1 Å². The first-order valence-corrected chi connectivity index (χ1v) is 13.5. The molecular formula is C19H23IN6O4S2. The summed E-state index contributed by atoms with van der Waals surface area (Å²) in [5.41, 5.74) is 7.16. The van der Waals surface area contributed by atoms with Crippen molar-refractivity contribution in [1.82, 2.24) is 24.2 Å². The number of halogens is 1. The minimum atomic E-state index is -3.29. The number of nitrogens with one attached hydrogen (secondary N) is 1. The van der Waals surface area contributed by atoms with E-state index in [1.54, 1.807) is 0 Å². The molecule has 1 aliphatic rings. The molecule has 13 heteroatoms. The molecule has 0 radical (unpaired) electrons. The van der Waals surface area contributed by atoms with Crippen LogP contribution in [0.15, 0.2) is 28.5 Å². The second kappa shape index (κ2) is 9.57. The molecule has 2 aromatic heterocycles. The fourth-order valence-electron chi connectivity index (χ4n) is 3.25. The predicted molar refractivity (Wildman–Crippen MR) is 130 cm³/mol. The highest BCUT2D eigenvalue weighted by molar-refractivity contribution is 14.1. The van der Waals surface area contributed by atoms with Gasteiger partial charge < -0.3 is 19.8 Å². The van der Waals surface area contributed by atoms with Crippen molar-refractivity contribution in [2.75, 3.05) is 24.8 Å². The van der Waals surface area contributed by atoms with Crippen molar-refractivity contribution in [1.29, 1.82) is 0 Å². The standard InChI is InChI=1S/C19H23IN6O4S2/c1-11(2)8-32(27,28)24-4-3-5-26-18-16(17(21)22-9-23-18)25-19(26)31-15-7-14-13(6-12(15)20)29-10-30-14/h6-7,9,11,24H,3-5,8,10H2,1-2H3,(H2,21,22,23). The number of nitrogens with two attached hydrogens (primary N) is 1. The fraction of sp³-hybridized carbons (Fsp3) is 0.421. The van der Waals surface area contributed by atoms with Crippen LogP contribution in [0.5, 0.6) is 11.5 Å². The fourth-order valence-corrected chi connectivity index (χ4v) is 6.41. The van der Waals surface area contributed by atoms with Crippen molar-refractivity contribution in [3.63, 3.8) is 0 Å². The first-order valence-electron chi connectivity index (χ1n) is 9.94. The van der Waals surface area contributed by atoms with Crippen LogP contribution in [-0.4, -0.2) is 47.0 Å². The van der Waals surface area contributed by atoms with Gasteiger partial charge in [-0.2, -0.15) is 0 Å². The Labute approximate surface area is 203 Å². The summed E-state index contributed by atoms with van der Waals surface area (Å²) in [6, 6.07) is 3.85. The summed E-state index contributed by atoms with van der Waals surface area (Å²) in [5.74, 6) is 1.88. The minimum Gasteiger partial charge on any atom is -0.454 e. The van der Waals surface area contributed by atoms with Gasteiger partial charge >= 0.3 is 0 Å². The topological polar surface area (TPSA) is 134 Å². The van der Waals surface area contributed by atoms with Crippen molar-refractivity contribution >= 4 is 61.4 Å². The molecule has 0 bridgehead atoms. The smallest absolute Gasteiger partial charge is 0.231 e. The summed E-state index contributed by atoms with van der Waals surface area (Å²) >= 11 is 3.71. The number of aromatic nitrogens is 4. The monoisotopic (exact) mass is 590 g/mol. The maximum Gasteiger partial charge on any atom is 0.231 e. The molecule has 0 saturated heterocycles. The highest BCUT2D eigenvalue weighted by Gasteiger charge is 2.21. The molecule has 0 amide bonds. The minimum absolute atomic E-state index is 0.0666. The van der Waals surface area contributed by atoms with Gasteiger partial charge in [0.15, 0.2) is 33.6 Å². The van der Waals surface area contributed by atoms with Crippen LogP contribution < -0.4 is 19.9 Å². The van der Waals surface area contributed by atoms with Crippen molar-refractivity contribution in [2.24, 2.45) is 5.92 Å². The van der Waals surface area contributed by atoms with Crippen LogP contribution in [-0.2, 0) is 16.6 Å². The third-order valence-corrected chi connectivity index (χ3v) is 8.65. The van der Waals surface area contributed by atoms with E-state index in [0.717, 1.165) is 14.2 Å². The van der Waals surface area contributed by atoms with Crippen molar-refractivity contribution in [2.45, 2.75) is 36.9 Å². The Kier molecular flexibility index (Phi) is 6.97. The van der Waals surface area contributed by atoms with Gasteiger partial charge in [-0.05, 0) is 47.1 Å². The van der Waals surface area contributed by atoms with Crippen LogP contribution in [0.3, 0.4) is 0 Å². The van der Waals surface area contributed by atoms with E-state index >= 15 is 0 Å². The van der Waals surface area contributed by atoms with E-state index < -0.39 is 10.0 Å². The number of hydrogen-bond acceptors (Lipinski definition) is 9. The highest BCUT2D eigenvalue weighted by Crippen LogP contribution is 2.41. The molecule has 1 aromatic carbocycles. The Morgan fingerprint density at radius 1 is 1.28 bits per heavy atom. The van der Waals surface area contributed by atoms with Gasteiger partial charge in [-0.3, -0.25) is 0 Å². The zero-order valence-corrected chi connectivity index (χ0v) is 21.3. The van der Waals surface area contributed by atoms with E-state index in [2.05, 4.69) is 42.3 Å². The lowest BCUT2D eigenvalue weighted by atomic mass is 10.3. The number of benzene rings is 1. The summed E-state index contributed by atoms with van der Waals surface area (Å²) < 4.78 is 40.8. The number of aryl methyl sites for hydroxylation is 1. The zero-order valence-electron chi connectivity index (χ0n) is 17.5. The zero-order chi connectivity index (χ0) is 22.9. The highest BCUT2D eigenvalue weighted by atomic mass is 127. The largest absolute Gasteiger partial charge is 0.454 e. The van der Waals surface area contributed by atoms with Gasteiger partial charge in [0.05, 0.1) is 5.75 Å². The molecule has 0 unspecified atom stereocenters. The second-order valence-electron chi connectivity index (χ2n) is 7.64. The summed E-state index contributed by atoms with van der Waals surface area (Å²) in [6.45, 7) is 4.79. The molecule has 3 heterocycles. The van der Waals surface area contributed by atoms with Crippen molar-refractivity contribution in [3.05, 3.63) is 22.0 Å². The maximum atomic E-state index is 12.1. The van der Waals surface area contributed by atoms with E-state index in [-0.39, 0.29) is 18.5 Å². The molecular weight excluding hydrogens is 567 g/mol. The van der Waals surface area contributed by atoms with Crippen molar-refractivity contribution < 1.29 is 17.9 Å². The van der Waals surface area contributed by atoms with Gasteiger partial charge in [0, 0.05) is 21.6 Å². The first-order chi connectivity index (χ1) is 15.2. The number of imidazole rings is 1. The van der Waals surface area contributed by atoms with Crippen LogP contribution in [0.25, 0.3) is 11.2 Å². The van der Waals surface area contributed by atoms with Gasteiger partial charge in [0.2, 0.25) is 16.8 Å². The quantitative estimate of drug-likeness (QED) is 0.285. The van der Waals surface area contributed by atoms with Gasteiger partial charge in [-0.25, -0.2) is 28.1 Å². The molecule has 0 fully saturated rings. The van der Waals surface area contributed by atoms with E-state index in [4.69, 9.17) is 15.2 Å². The average Bonchev–Trinajstić information content (AvgIpc) is 3.29. The molecule has 3 aromatic rings. The third-order valence-electron chi connectivity index (χ3n) is 4.59. The van der Waals surface area contributed by atoms with Gasteiger partial charge in [-0.15, -0.1) is 0 Å². The Hall–Kier alpha value is -1.84. The van der Waals surface area contributed by atoms with Crippen LogP contribution in [0.4, 0.5) is 5.82 Å². The molecule has 1 aliphatic heterocycles. The van der Waals surface area contributed by atoms with Gasteiger partial charge in [-0.1, -0.05) is 25.6 Å². The van der Waals surface area contributed by atoms with Crippen molar-refractivity contribution in [3.8, 4) is 11.5 Å². The lowest BCUT2D eigenvalue weighted by Gasteiger charge is -2.11. The number of anilines is 1. The predicted octanol–water partition coefficient (Wildman–Crippen LogP) is 2.86. The molecule has 0 atom stereocenters. The van der Waals surface area contributed by atoms with Gasteiger partial charge in [0.25, 0.3) is 0 Å². The molecule has 0 aliphatic carbocycles. The summed E-state index contributed by atoms with van der Waals surface area (Å²) in [7, 11) is -3.29. The number of hydrogen-bond donors (Lipinski definition) is 2. The average molecular weight is 590 g/mol. The number of ether oxygens (including phenoxy) is 2. The second-order valence-corrected chi connectivity index (χ2v) is 11.7. The number of fused-ring (bicyclic) bond motifs is 2. The molecule has 10 nitrogen and oxygen atoms in total. The normalized spacial score (nSPS) is 13.4. The first kappa shape index (κ1) is 23.3. The summed E-state index contributed by atoms with van der Waals surface area (Å²) in [6.07, 6.45) is 1.97.